The summed E-state index contributed by atoms with van der Waals surface area (Å²) < 4.78 is 0. The molecule has 1 atom stereocenters. The van der Waals surface area contributed by atoms with E-state index >= 15 is 0 Å². The normalized spacial score (nSPS) is 12.1. The number of hydrogen-bond acceptors (Lipinski definition) is 3. The number of aromatic nitrogens is 1. The molecule has 0 radical (unpaired) electrons. The van der Waals surface area contributed by atoms with Gasteiger partial charge in [-0.3, -0.25) is 4.79 Å². The molecule has 1 amide bonds. The smallest absolute Gasteiger partial charge is 0.255 e. The Bertz CT molecular complexity index is 437. The highest BCUT2D eigenvalue weighted by Gasteiger charge is 2.15. The van der Waals surface area contributed by atoms with Crippen molar-refractivity contribution < 1.29 is 4.79 Å². The van der Waals surface area contributed by atoms with Gasteiger partial charge < -0.3 is 10.2 Å². The van der Waals surface area contributed by atoms with Gasteiger partial charge in [0, 0.05) is 26.3 Å². The van der Waals surface area contributed by atoms with Crippen LogP contribution in [0.1, 0.15) is 37.6 Å². The zero-order valence-corrected chi connectivity index (χ0v) is 12.8. The molecule has 0 aliphatic heterocycles. The molecule has 0 aromatic carbocycles. The minimum atomic E-state index is -0.0438. The minimum Gasteiger partial charge on any atom is -0.369 e. The summed E-state index contributed by atoms with van der Waals surface area (Å²) >= 11 is 6.09. The van der Waals surface area contributed by atoms with Crippen LogP contribution < -0.4 is 5.32 Å². The minimum absolute atomic E-state index is 0.0438. The number of amides is 1. The SMILES string of the molecule is CCNc1ncc(C(=O)N(C)CC(C)CC)cc1Cl. The Balaban J connectivity index is 2.79. The fourth-order valence-electron chi connectivity index (χ4n) is 1.75. The molecule has 0 spiro atoms. The molecule has 0 fully saturated rings. The second kappa shape index (κ2) is 7.34. The van der Waals surface area contributed by atoms with Crippen LogP contribution in [0.25, 0.3) is 0 Å². The third kappa shape index (κ3) is 4.39. The molecule has 1 aromatic heterocycles. The van der Waals surface area contributed by atoms with Crippen LogP contribution in [-0.4, -0.2) is 35.9 Å². The van der Waals surface area contributed by atoms with E-state index in [-0.39, 0.29) is 5.91 Å². The lowest BCUT2D eigenvalue weighted by Gasteiger charge is -2.21. The monoisotopic (exact) mass is 283 g/mol. The van der Waals surface area contributed by atoms with Gasteiger partial charge in [-0.15, -0.1) is 0 Å². The topological polar surface area (TPSA) is 45.2 Å². The van der Waals surface area contributed by atoms with E-state index in [1.807, 2.05) is 6.92 Å². The Hall–Kier alpha value is -1.29. The van der Waals surface area contributed by atoms with Crippen molar-refractivity contribution >= 4 is 23.3 Å². The zero-order valence-electron chi connectivity index (χ0n) is 12.0. The van der Waals surface area contributed by atoms with Crippen molar-refractivity contribution in [3.8, 4) is 0 Å². The molecule has 0 saturated carbocycles. The first-order chi connectivity index (χ1) is 8.99. The average Bonchev–Trinajstić information content (AvgIpc) is 2.40. The fourth-order valence-corrected chi connectivity index (χ4v) is 1.99. The molecule has 1 N–H and O–H groups in total. The number of pyridine rings is 1. The van der Waals surface area contributed by atoms with Gasteiger partial charge in [-0.05, 0) is 18.9 Å². The number of hydrogen-bond donors (Lipinski definition) is 1. The van der Waals surface area contributed by atoms with Crippen LogP contribution in [0.5, 0.6) is 0 Å². The van der Waals surface area contributed by atoms with Gasteiger partial charge in [-0.25, -0.2) is 4.98 Å². The van der Waals surface area contributed by atoms with Gasteiger partial charge in [0.2, 0.25) is 0 Å². The van der Waals surface area contributed by atoms with Gasteiger partial charge in [-0.1, -0.05) is 31.9 Å². The third-order valence-corrected chi connectivity index (χ3v) is 3.35. The summed E-state index contributed by atoms with van der Waals surface area (Å²) in [6.07, 6.45) is 2.62. The summed E-state index contributed by atoms with van der Waals surface area (Å²) in [5, 5.41) is 3.52. The highest BCUT2D eigenvalue weighted by atomic mass is 35.5. The summed E-state index contributed by atoms with van der Waals surface area (Å²) in [6.45, 7) is 7.70. The Kier molecular flexibility index (Phi) is 6.09. The van der Waals surface area contributed by atoms with Crippen LogP contribution in [-0.2, 0) is 0 Å². The molecule has 1 rings (SSSR count). The molecule has 106 valence electrons. The molecule has 1 aromatic rings. The van der Waals surface area contributed by atoms with Crippen molar-refractivity contribution in [3.05, 3.63) is 22.8 Å². The van der Waals surface area contributed by atoms with Crippen molar-refractivity contribution in [2.45, 2.75) is 27.2 Å². The first-order valence-electron chi connectivity index (χ1n) is 6.64. The van der Waals surface area contributed by atoms with Crippen LogP contribution in [0.4, 0.5) is 5.82 Å². The second-order valence-corrected chi connectivity index (χ2v) is 5.19. The van der Waals surface area contributed by atoms with Gasteiger partial charge in [-0.2, -0.15) is 0 Å². The second-order valence-electron chi connectivity index (χ2n) is 4.78. The quantitative estimate of drug-likeness (QED) is 0.871. The van der Waals surface area contributed by atoms with Crippen LogP contribution in [0, 0.1) is 5.92 Å². The molecule has 0 aliphatic rings. The van der Waals surface area contributed by atoms with Crippen LogP contribution >= 0.6 is 11.6 Å². The zero-order chi connectivity index (χ0) is 14.4. The summed E-state index contributed by atoms with van der Waals surface area (Å²) in [5.41, 5.74) is 0.525. The number of carbonyl (C=O) groups excluding carboxylic acids is 1. The van der Waals surface area contributed by atoms with Crippen LogP contribution in [0.15, 0.2) is 12.3 Å². The van der Waals surface area contributed by atoms with E-state index in [0.717, 1.165) is 19.5 Å². The van der Waals surface area contributed by atoms with E-state index < -0.39 is 0 Å². The largest absolute Gasteiger partial charge is 0.369 e. The predicted octanol–water partition coefficient (Wildman–Crippen LogP) is 3.28. The summed E-state index contributed by atoms with van der Waals surface area (Å²) in [6, 6.07) is 1.67. The number of carbonyl (C=O) groups is 1. The number of rotatable bonds is 6. The van der Waals surface area contributed by atoms with Crippen molar-refractivity contribution in [1.82, 2.24) is 9.88 Å². The van der Waals surface area contributed by atoms with Gasteiger partial charge in [0.1, 0.15) is 5.82 Å². The van der Waals surface area contributed by atoms with Crippen LogP contribution in [0.3, 0.4) is 0 Å². The number of anilines is 1. The molecule has 0 bridgehead atoms. The highest BCUT2D eigenvalue weighted by Crippen LogP contribution is 2.20. The standard InChI is InChI=1S/C14H22ClN3O/c1-5-10(3)9-18(4)14(19)11-7-12(15)13(16-6-2)17-8-11/h7-8,10H,5-6,9H2,1-4H3,(H,16,17). The Labute approximate surface area is 120 Å². The van der Waals surface area contributed by atoms with Crippen molar-refractivity contribution in [2.75, 3.05) is 25.5 Å². The molecule has 0 saturated heterocycles. The number of halogens is 1. The lowest BCUT2D eigenvalue weighted by molar-refractivity contribution is 0.0774. The maximum Gasteiger partial charge on any atom is 0.255 e. The van der Waals surface area contributed by atoms with E-state index in [1.54, 1.807) is 24.2 Å². The van der Waals surface area contributed by atoms with Gasteiger partial charge >= 0.3 is 0 Å². The lowest BCUT2D eigenvalue weighted by atomic mass is 10.1. The van der Waals surface area contributed by atoms with E-state index in [9.17, 15) is 4.79 Å². The van der Waals surface area contributed by atoms with Gasteiger partial charge in [0.15, 0.2) is 0 Å². The van der Waals surface area contributed by atoms with E-state index in [1.165, 1.54) is 0 Å². The third-order valence-electron chi connectivity index (χ3n) is 3.06. The highest BCUT2D eigenvalue weighted by molar-refractivity contribution is 6.33. The first kappa shape index (κ1) is 15.8. The molecule has 1 heterocycles. The first-order valence-corrected chi connectivity index (χ1v) is 7.02. The molecular formula is C14H22ClN3O. The lowest BCUT2D eigenvalue weighted by Crippen LogP contribution is -2.31. The average molecular weight is 284 g/mol. The summed E-state index contributed by atoms with van der Waals surface area (Å²) in [7, 11) is 1.81. The van der Waals surface area contributed by atoms with Gasteiger partial charge in [0.25, 0.3) is 5.91 Å². The molecular weight excluding hydrogens is 262 g/mol. The van der Waals surface area contributed by atoms with Crippen molar-refractivity contribution in [1.29, 1.82) is 0 Å². The Morgan fingerprint density at radius 2 is 2.21 bits per heavy atom. The van der Waals surface area contributed by atoms with Crippen molar-refractivity contribution in [3.63, 3.8) is 0 Å². The maximum absolute atomic E-state index is 12.2. The molecule has 4 nitrogen and oxygen atoms in total. The van der Waals surface area contributed by atoms with E-state index in [2.05, 4.69) is 24.1 Å². The van der Waals surface area contributed by atoms with Crippen molar-refractivity contribution in [2.24, 2.45) is 5.92 Å². The number of nitrogens with one attached hydrogen (secondary N) is 1. The maximum atomic E-state index is 12.2. The molecule has 5 heteroatoms. The van der Waals surface area contributed by atoms with Gasteiger partial charge in [0.05, 0.1) is 10.6 Å². The van der Waals surface area contributed by atoms with Crippen LogP contribution in [0.2, 0.25) is 5.02 Å². The summed E-state index contributed by atoms with van der Waals surface area (Å²) in [4.78, 5) is 18.1. The molecule has 19 heavy (non-hydrogen) atoms. The predicted molar refractivity (Wildman–Crippen MR) is 79.8 cm³/mol. The number of nitrogens with zero attached hydrogens (tertiary/aromatic N) is 2. The Morgan fingerprint density at radius 3 is 2.74 bits per heavy atom. The van der Waals surface area contributed by atoms with E-state index in [0.29, 0.717) is 22.3 Å². The fraction of sp³-hybridized carbons (Fsp3) is 0.571. The van der Waals surface area contributed by atoms with E-state index in [4.69, 9.17) is 11.6 Å². The Morgan fingerprint density at radius 1 is 1.53 bits per heavy atom. The molecule has 1 unspecified atom stereocenters. The summed E-state index contributed by atoms with van der Waals surface area (Å²) in [5.74, 6) is 1.06. The molecule has 0 aliphatic carbocycles.